The van der Waals surface area contributed by atoms with Gasteiger partial charge in [-0.3, -0.25) is 9.37 Å². The molecule has 1 radical (unpaired) electrons. The Bertz CT molecular complexity index is 1150. The summed E-state index contributed by atoms with van der Waals surface area (Å²) in [6.07, 6.45) is 1.18. The standard InChI is InChI=1S/C20H16N2.C5H8O2.Ir/c1-21-18-14-8-9-15-19(18)22(17-12-6-3-7-13-17)20(21)16-10-4-2-5-11-16;1-4(6)3-5(2)7;/h2-10,12-15,20H,1H2;3,6H,1-2H3;/b;4-3-;. The van der Waals surface area contributed by atoms with Gasteiger partial charge in [-0.2, -0.15) is 30.3 Å². The summed E-state index contributed by atoms with van der Waals surface area (Å²) in [6.45, 7) is 2.85. The molecule has 0 spiro atoms. The Labute approximate surface area is 190 Å². The molecule has 0 aromatic heterocycles. The Hall–Kier alpha value is -3.01. The zero-order valence-electron chi connectivity index (χ0n) is 17.0. The predicted octanol–water partition coefficient (Wildman–Crippen LogP) is 3.34. The summed E-state index contributed by atoms with van der Waals surface area (Å²) >= 11 is 0. The minimum atomic E-state index is -0.125. The van der Waals surface area contributed by atoms with E-state index in [1.807, 2.05) is 24.3 Å². The molecule has 1 heterocycles. The molecule has 4 rings (SSSR count). The maximum absolute atomic E-state index is 10.0. The second-order valence-corrected chi connectivity index (χ2v) is 6.75. The van der Waals surface area contributed by atoms with Crippen molar-refractivity contribution in [2.24, 2.45) is 0 Å². The van der Waals surface area contributed by atoms with Crippen molar-refractivity contribution >= 4 is 11.5 Å². The number of nitrogens with zero attached hydrogens (tertiary/aromatic N) is 2. The van der Waals surface area contributed by atoms with Crippen molar-refractivity contribution in [3.63, 3.8) is 0 Å². The Morgan fingerprint density at radius 2 is 1.57 bits per heavy atom. The SMILES string of the molecule is CC(=O)/C=C(/C)O.[CH2-][N+]1=c2ccccc2=[N+](c2ccccc2)C1c1[c-]cccc1.[Ir]. The Balaban J connectivity index is 0.000000350. The first-order valence-corrected chi connectivity index (χ1v) is 9.36. The largest absolute Gasteiger partial charge is 0.512 e. The summed E-state index contributed by atoms with van der Waals surface area (Å²) in [5.41, 5.74) is 2.26. The van der Waals surface area contributed by atoms with Gasteiger partial charge in [-0.05, 0) is 32.5 Å². The normalized spacial score (nSPS) is 14.9. The minimum absolute atomic E-state index is 0. The van der Waals surface area contributed by atoms with E-state index in [1.165, 1.54) is 25.3 Å². The average molecular weight is 577 g/mol. The van der Waals surface area contributed by atoms with Crippen LogP contribution in [0.1, 0.15) is 25.6 Å². The monoisotopic (exact) mass is 577 g/mol. The van der Waals surface area contributed by atoms with Crippen molar-refractivity contribution in [3.8, 4) is 0 Å². The average Bonchev–Trinajstić information content (AvgIpc) is 3.02. The summed E-state index contributed by atoms with van der Waals surface area (Å²) in [6, 6.07) is 30.3. The molecule has 3 aromatic carbocycles. The number of carbonyl (C=O) groups excluding carboxylic acids is 1. The quantitative estimate of drug-likeness (QED) is 0.225. The number of rotatable bonds is 3. The predicted molar refractivity (Wildman–Crippen MR) is 115 cm³/mol. The number of carbonyl (C=O) groups is 1. The molecule has 1 atom stereocenters. The third kappa shape index (κ3) is 5.32. The molecule has 30 heavy (non-hydrogen) atoms. The van der Waals surface area contributed by atoms with Gasteiger partial charge in [-0.15, -0.1) is 4.58 Å². The third-order valence-electron chi connectivity index (χ3n) is 4.45. The molecule has 0 aliphatic carbocycles. The number of ketones is 1. The fourth-order valence-electron chi connectivity index (χ4n) is 3.35. The van der Waals surface area contributed by atoms with Crippen molar-refractivity contribution in [1.29, 1.82) is 0 Å². The first-order chi connectivity index (χ1) is 14.0. The van der Waals surface area contributed by atoms with Gasteiger partial charge in [0.2, 0.25) is 11.0 Å². The molecular weight excluding hydrogens is 553 g/mol. The summed E-state index contributed by atoms with van der Waals surface area (Å²) < 4.78 is 4.38. The van der Waals surface area contributed by atoms with Gasteiger partial charge in [-0.1, -0.05) is 36.4 Å². The van der Waals surface area contributed by atoms with Gasteiger partial charge in [0.15, 0.2) is 5.78 Å². The van der Waals surface area contributed by atoms with Crippen molar-refractivity contribution in [1.82, 2.24) is 9.15 Å². The molecule has 1 unspecified atom stereocenters. The van der Waals surface area contributed by atoms with E-state index in [0.717, 1.165) is 16.6 Å². The van der Waals surface area contributed by atoms with Crippen molar-refractivity contribution in [2.75, 3.05) is 0 Å². The number of aliphatic hydroxyl groups is 1. The Kier molecular flexibility index (Phi) is 8.28. The zero-order chi connectivity index (χ0) is 20.8. The van der Waals surface area contributed by atoms with Crippen LogP contribution in [0.25, 0.3) is 0 Å². The fraction of sp³-hybridized carbons (Fsp3) is 0.120. The maximum atomic E-state index is 10.0. The number of aliphatic hydroxyl groups excluding tert-OH is 1. The Morgan fingerprint density at radius 3 is 2.10 bits per heavy atom. The van der Waals surface area contributed by atoms with Crippen LogP contribution in [0, 0.1) is 13.1 Å². The second-order valence-electron chi connectivity index (χ2n) is 6.75. The molecule has 0 bridgehead atoms. The molecule has 1 aliphatic heterocycles. The number of hydrogen-bond donors (Lipinski definition) is 1. The number of fused-ring (bicyclic) bond motifs is 1. The third-order valence-corrected chi connectivity index (χ3v) is 4.45. The Morgan fingerprint density at radius 1 is 0.967 bits per heavy atom. The molecule has 5 heteroatoms. The van der Waals surface area contributed by atoms with E-state index in [4.69, 9.17) is 5.11 Å². The van der Waals surface area contributed by atoms with Crippen LogP contribution in [0.4, 0.5) is 5.69 Å². The molecular formula is C25H24IrN2O2. The molecule has 155 valence electrons. The van der Waals surface area contributed by atoms with Gasteiger partial charge in [0, 0.05) is 38.3 Å². The first-order valence-electron chi connectivity index (χ1n) is 9.36. The van der Waals surface area contributed by atoms with Gasteiger partial charge in [-0.25, -0.2) is 0 Å². The minimum Gasteiger partial charge on any atom is -0.512 e. The first kappa shape index (κ1) is 23.3. The van der Waals surface area contributed by atoms with Crippen molar-refractivity contribution in [3.05, 3.63) is 120 Å². The number of allylic oxidation sites excluding steroid dienone is 2. The molecule has 0 amide bonds. The fourth-order valence-corrected chi connectivity index (χ4v) is 3.35. The zero-order valence-corrected chi connectivity index (χ0v) is 19.3. The summed E-state index contributed by atoms with van der Waals surface area (Å²) in [7, 11) is 4.28. The molecule has 0 fully saturated rings. The van der Waals surface area contributed by atoms with Crippen LogP contribution < -0.4 is 19.9 Å². The van der Waals surface area contributed by atoms with E-state index in [9.17, 15) is 4.79 Å². The molecule has 0 saturated carbocycles. The van der Waals surface area contributed by atoms with E-state index in [0.29, 0.717) is 0 Å². The van der Waals surface area contributed by atoms with E-state index in [-0.39, 0.29) is 37.8 Å². The number of para-hydroxylation sites is 3. The van der Waals surface area contributed by atoms with Gasteiger partial charge in [0.25, 0.3) is 0 Å². The second kappa shape index (κ2) is 10.7. The van der Waals surface area contributed by atoms with Crippen LogP contribution in [-0.4, -0.2) is 10.9 Å². The van der Waals surface area contributed by atoms with Crippen LogP contribution >= 0.6 is 0 Å². The van der Waals surface area contributed by atoms with Crippen LogP contribution in [0.15, 0.2) is 90.7 Å². The smallest absolute Gasteiger partial charge is 0.326 e. The van der Waals surface area contributed by atoms with Crippen molar-refractivity contribution < 1.29 is 30.0 Å². The van der Waals surface area contributed by atoms with Crippen LogP contribution in [-0.2, 0) is 24.9 Å². The molecule has 3 aromatic rings. The van der Waals surface area contributed by atoms with Crippen LogP contribution in [0.2, 0.25) is 0 Å². The molecule has 0 saturated heterocycles. The summed E-state index contributed by atoms with van der Waals surface area (Å²) in [5, 5.41) is 10.7. The topological polar surface area (TPSA) is 43.3 Å². The van der Waals surface area contributed by atoms with Gasteiger partial charge in [0.05, 0.1) is 5.76 Å². The molecule has 1 aliphatic rings. The molecule has 4 nitrogen and oxygen atoms in total. The van der Waals surface area contributed by atoms with Gasteiger partial charge < -0.3 is 5.11 Å². The maximum Gasteiger partial charge on any atom is 0.326 e. The number of hydrogen-bond acceptors (Lipinski definition) is 2. The van der Waals surface area contributed by atoms with E-state index < -0.39 is 0 Å². The summed E-state index contributed by atoms with van der Waals surface area (Å²) in [4.78, 5) is 10.0. The van der Waals surface area contributed by atoms with E-state index >= 15 is 0 Å². The van der Waals surface area contributed by atoms with Crippen molar-refractivity contribution in [2.45, 2.75) is 20.0 Å². The van der Waals surface area contributed by atoms with E-state index in [1.54, 1.807) is 0 Å². The van der Waals surface area contributed by atoms with Gasteiger partial charge >= 0.3 is 6.17 Å². The van der Waals surface area contributed by atoms with E-state index in [2.05, 4.69) is 76.9 Å². The summed E-state index contributed by atoms with van der Waals surface area (Å²) in [5.74, 6) is -0.0625. The molecule has 1 N–H and O–H groups in total. The van der Waals surface area contributed by atoms with Crippen LogP contribution in [0.3, 0.4) is 0 Å². The van der Waals surface area contributed by atoms with Gasteiger partial charge in [0.1, 0.15) is 5.36 Å². The van der Waals surface area contributed by atoms with Crippen LogP contribution in [0.5, 0.6) is 0 Å². The number of benzene rings is 3.